The molecule has 0 aliphatic heterocycles. The zero-order chi connectivity index (χ0) is 11.8. The molecular formula is C9H18O5. The van der Waals surface area contributed by atoms with Crippen LogP contribution in [0.1, 0.15) is 27.2 Å². The maximum Gasteiger partial charge on any atom is 0.310 e. The Morgan fingerprint density at radius 3 is 1.50 bits per heavy atom. The third kappa shape index (κ3) is 13.6. The Labute approximate surface area is 83.4 Å². The van der Waals surface area contributed by atoms with Gasteiger partial charge in [0.2, 0.25) is 0 Å². The fourth-order valence-corrected chi connectivity index (χ4v) is 0.263. The lowest BCUT2D eigenvalue weighted by Crippen LogP contribution is -2.20. The predicted octanol–water partition coefficient (Wildman–Crippen LogP) is 0.0473. The van der Waals surface area contributed by atoms with Crippen LogP contribution >= 0.6 is 0 Å². The number of carboxylic acid groups (broad SMARTS) is 1. The fraction of sp³-hybridized carbons (Fsp3) is 0.778. The van der Waals surface area contributed by atoms with Crippen molar-refractivity contribution in [3.63, 3.8) is 0 Å². The Morgan fingerprint density at radius 1 is 1.14 bits per heavy atom. The maximum absolute atomic E-state index is 9.87. The molecule has 5 heteroatoms. The Morgan fingerprint density at radius 2 is 1.50 bits per heavy atom. The quantitative estimate of drug-likeness (QED) is 0.565. The summed E-state index contributed by atoms with van der Waals surface area (Å²) in [5, 5.41) is 24.7. The van der Waals surface area contributed by atoms with Gasteiger partial charge >= 0.3 is 5.97 Å². The number of Topliss-reactive ketones (excluding diaryl/α,β-unsaturated/α-hetero) is 1. The molecule has 0 amide bonds. The Kier molecular flexibility index (Phi) is 8.28. The van der Waals surface area contributed by atoms with Gasteiger partial charge in [-0.3, -0.25) is 9.59 Å². The molecule has 0 aromatic rings. The van der Waals surface area contributed by atoms with Crippen LogP contribution in [0.2, 0.25) is 0 Å². The van der Waals surface area contributed by atoms with E-state index in [-0.39, 0.29) is 30.8 Å². The highest BCUT2D eigenvalue weighted by Gasteiger charge is 2.13. The molecular weight excluding hydrogens is 188 g/mol. The number of aliphatic carboxylic acids is 1. The lowest BCUT2D eigenvalue weighted by atomic mass is 9.97. The standard InChI is InChI=1S/C5H12O2.C4H6O3/c1-5(2,3-6)4-7;1-3(5)2-4(6)7/h6-7H,3-4H2,1-2H3;2H2,1H3,(H,6,7). The van der Waals surface area contributed by atoms with E-state index in [0.29, 0.717) is 0 Å². The molecule has 0 radical (unpaired) electrons. The van der Waals surface area contributed by atoms with Gasteiger partial charge in [-0.2, -0.15) is 0 Å². The van der Waals surface area contributed by atoms with Crippen molar-refractivity contribution in [1.82, 2.24) is 0 Å². The molecule has 0 rings (SSSR count). The van der Waals surface area contributed by atoms with E-state index in [2.05, 4.69) is 0 Å². The number of aliphatic hydroxyl groups excluding tert-OH is 2. The van der Waals surface area contributed by atoms with E-state index in [1.54, 1.807) is 13.8 Å². The second kappa shape index (κ2) is 7.46. The molecule has 0 aromatic heterocycles. The highest BCUT2D eigenvalue weighted by atomic mass is 16.4. The number of aliphatic hydroxyl groups is 2. The highest BCUT2D eigenvalue weighted by Crippen LogP contribution is 2.10. The second-order valence-electron chi connectivity index (χ2n) is 3.75. The molecule has 0 aliphatic carbocycles. The van der Waals surface area contributed by atoms with Gasteiger partial charge in [-0.25, -0.2) is 0 Å². The van der Waals surface area contributed by atoms with Crippen LogP contribution in [0.15, 0.2) is 0 Å². The fourth-order valence-electron chi connectivity index (χ4n) is 0.263. The van der Waals surface area contributed by atoms with E-state index in [0.717, 1.165) is 0 Å². The molecule has 0 spiro atoms. The molecule has 3 N–H and O–H groups in total. The second-order valence-corrected chi connectivity index (χ2v) is 3.75. The summed E-state index contributed by atoms with van der Waals surface area (Å²) in [5.74, 6) is -1.37. The SMILES string of the molecule is CC(=O)CC(=O)O.CC(C)(CO)CO. The molecule has 0 unspecified atom stereocenters. The minimum absolute atomic E-state index is 0.0451. The van der Waals surface area contributed by atoms with Crippen molar-refractivity contribution in [1.29, 1.82) is 0 Å². The van der Waals surface area contributed by atoms with Crippen molar-refractivity contribution < 1.29 is 24.9 Å². The molecule has 0 fully saturated rings. The molecule has 5 nitrogen and oxygen atoms in total. The van der Waals surface area contributed by atoms with Crippen LogP contribution in [0.3, 0.4) is 0 Å². The zero-order valence-corrected chi connectivity index (χ0v) is 8.78. The lowest BCUT2D eigenvalue weighted by Gasteiger charge is -2.16. The van der Waals surface area contributed by atoms with Crippen LogP contribution in [0.25, 0.3) is 0 Å². The number of carboxylic acids is 1. The molecule has 84 valence electrons. The van der Waals surface area contributed by atoms with Crippen molar-refractivity contribution in [2.45, 2.75) is 27.2 Å². The molecule has 0 bridgehead atoms. The molecule has 0 saturated carbocycles. The van der Waals surface area contributed by atoms with E-state index in [4.69, 9.17) is 15.3 Å². The topological polar surface area (TPSA) is 94.8 Å². The van der Waals surface area contributed by atoms with Gasteiger partial charge in [0.15, 0.2) is 0 Å². The van der Waals surface area contributed by atoms with Crippen LogP contribution in [0.5, 0.6) is 0 Å². The minimum Gasteiger partial charge on any atom is -0.481 e. The lowest BCUT2D eigenvalue weighted by molar-refractivity contribution is -0.139. The largest absolute Gasteiger partial charge is 0.481 e. The average Bonchev–Trinajstić information content (AvgIpc) is 2.03. The maximum atomic E-state index is 9.87. The van der Waals surface area contributed by atoms with Gasteiger partial charge in [-0.1, -0.05) is 13.8 Å². The summed E-state index contributed by atoms with van der Waals surface area (Å²) in [6.45, 7) is 4.93. The molecule has 0 aliphatic rings. The third-order valence-electron chi connectivity index (χ3n) is 1.26. The van der Waals surface area contributed by atoms with E-state index < -0.39 is 5.97 Å². The van der Waals surface area contributed by atoms with Crippen molar-refractivity contribution in [3.8, 4) is 0 Å². The van der Waals surface area contributed by atoms with Crippen molar-refractivity contribution in [3.05, 3.63) is 0 Å². The summed E-state index contributed by atoms with van der Waals surface area (Å²) in [6.07, 6.45) is -0.361. The van der Waals surface area contributed by atoms with E-state index in [1.807, 2.05) is 0 Å². The van der Waals surface area contributed by atoms with Crippen LogP contribution in [-0.4, -0.2) is 40.3 Å². The van der Waals surface area contributed by atoms with Gasteiger partial charge in [-0.05, 0) is 6.92 Å². The van der Waals surface area contributed by atoms with Gasteiger partial charge in [0.05, 0.1) is 13.2 Å². The summed E-state index contributed by atoms with van der Waals surface area (Å²) < 4.78 is 0. The Hall–Kier alpha value is -0.940. The molecule has 0 atom stereocenters. The summed E-state index contributed by atoms with van der Waals surface area (Å²) in [5.41, 5.74) is -0.306. The summed E-state index contributed by atoms with van der Waals surface area (Å²) >= 11 is 0. The number of carbonyl (C=O) groups excluding carboxylic acids is 1. The summed E-state index contributed by atoms with van der Waals surface area (Å²) in [6, 6.07) is 0. The van der Waals surface area contributed by atoms with Crippen molar-refractivity contribution in [2.24, 2.45) is 5.41 Å². The van der Waals surface area contributed by atoms with Crippen LogP contribution < -0.4 is 0 Å². The third-order valence-corrected chi connectivity index (χ3v) is 1.26. The molecule has 0 aromatic carbocycles. The molecule has 0 saturated heterocycles. The van der Waals surface area contributed by atoms with Gasteiger partial charge in [0.1, 0.15) is 12.2 Å². The van der Waals surface area contributed by atoms with Crippen LogP contribution in [0, 0.1) is 5.41 Å². The molecule has 14 heavy (non-hydrogen) atoms. The zero-order valence-electron chi connectivity index (χ0n) is 8.78. The van der Waals surface area contributed by atoms with E-state index >= 15 is 0 Å². The molecule has 0 heterocycles. The smallest absolute Gasteiger partial charge is 0.310 e. The van der Waals surface area contributed by atoms with Crippen molar-refractivity contribution >= 4 is 11.8 Å². The Bertz CT molecular complexity index is 168. The van der Waals surface area contributed by atoms with E-state index in [9.17, 15) is 9.59 Å². The van der Waals surface area contributed by atoms with Gasteiger partial charge in [-0.15, -0.1) is 0 Å². The first-order valence-corrected chi connectivity index (χ1v) is 4.18. The van der Waals surface area contributed by atoms with Gasteiger partial charge < -0.3 is 15.3 Å². The number of hydrogen-bond donors (Lipinski definition) is 3. The number of ketones is 1. The number of hydrogen-bond acceptors (Lipinski definition) is 4. The summed E-state index contributed by atoms with van der Waals surface area (Å²) in [4.78, 5) is 19.5. The number of rotatable bonds is 4. The average molecular weight is 206 g/mol. The van der Waals surface area contributed by atoms with Crippen molar-refractivity contribution in [2.75, 3.05) is 13.2 Å². The Balaban J connectivity index is 0. The first-order chi connectivity index (χ1) is 6.25. The predicted molar refractivity (Wildman–Crippen MR) is 50.9 cm³/mol. The van der Waals surface area contributed by atoms with Crippen LogP contribution in [0.4, 0.5) is 0 Å². The van der Waals surface area contributed by atoms with Crippen LogP contribution in [-0.2, 0) is 9.59 Å². The number of carbonyl (C=O) groups is 2. The van der Waals surface area contributed by atoms with E-state index in [1.165, 1.54) is 6.92 Å². The minimum atomic E-state index is -1.06. The highest BCUT2D eigenvalue weighted by molar-refractivity contribution is 5.93. The first-order valence-electron chi connectivity index (χ1n) is 4.18. The van der Waals surface area contributed by atoms with Gasteiger partial charge in [0, 0.05) is 5.41 Å². The monoisotopic (exact) mass is 206 g/mol. The summed E-state index contributed by atoms with van der Waals surface area (Å²) in [7, 11) is 0. The van der Waals surface area contributed by atoms with Gasteiger partial charge in [0.25, 0.3) is 0 Å². The first kappa shape index (κ1) is 15.5. The normalized spacial score (nSPS) is 10.1.